The van der Waals surface area contributed by atoms with Gasteiger partial charge in [0.15, 0.2) is 5.82 Å². The van der Waals surface area contributed by atoms with E-state index in [1.165, 1.54) is 12.1 Å². The van der Waals surface area contributed by atoms with E-state index in [-0.39, 0.29) is 11.5 Å². The van der Waals surface area contributed by atoms with Gasteiger partial charge in [-0.2, -0.15) is 17.9 Å². The number of nitrogens with one attached hydrogen (secondary N) is 2. The molecule has 154 valence electrons. The van der Waals surface area contributed by atoms with E-state index in [1.54, 1.807) is 6.07 Å². The van der Waals surface area contributed by atoms with E-state index < -0.39 is 17.4 Å². The summed E-state index contributed by atoms with van der Waals surface area (Å²) in [5.41, 5.74) is 0.360. The topological polar surface area (TPSA) is 62.7 Å². The highest BCUT2D eigenvalue weighted by atomic mass is 35.5. The van der Waals surface area contributed by atoms with Crippen molar-refractivity contribution in [2.24, 2.45) is 5.92 Å². The van der Waals surface area contributed by atoms with Crippen LogP contribution < -0.4 is 11.0 Å². The van der Waals surface area contributed by atoms with Crippen LogP contribution >= 0.6 is 11.6 Å². The number of halogens is 4. The van der Waals surface area contributed by atoms with E-state index in [4.69, 9.17) is 11.6 Å². The van der Waals surface area contributed by atoms with Crippen molar-refractivity contribution in [3.63, 3.8) is 0 Å². The van der Waals surface area contributed by atoms with Crippen LogP contribution in [0.1, 0.15) is 25.0 Å². The van der Waals surface area contributed by atoms with Gasteiger partial charge in [-0.25, -0.2) is 4.79 Å². The maximum absolute atomic E-state index is 12.7. The highest BCUT2D eigenvalue weighted by Gasteiger charge is 2.30. The molecule has 0 saturated heterocycles. The molecule has 0 amide bonds. The Morgan fingerprint density at radius 3 is 2.48 bits per heavy atom. The molecule has 0 atom stereocenters. The molecule has 0 bridgehead atoms. The second-order valence-electron chi connectivity index (χ2n) is 7.07. The summed E-state index contributed by atoms with van der Waals surface area (Å²) in [6.45, 7) is 5.71. The maximum Gasteiger partial charge on any atom is 0.416 e. The van der Waals surface area contributed by atoms with Crippen molar-refractivity contribution in [3.8, 4) is 17.1 Å². The third kappa shape index (κ3) is 5.07. The van der Waals surface area contributed by atoms with Gasteiger partial charge in [-0.05, 0) is 54.4 Å². The number of H-pyrrole nitrogens is 1. The summed E-state index contributed by atoms with van der Waals surface area (Å²) in [6, 6.07) is 9.63. The summed E-state index contributed by atoms with van der Waals surface area (Å²) < 4.78 is 39.2. The molecule has 1 aromatic heterocycles. The van der Waals surface area contributed by atoms with E-state index in [1.807, 2.05) is 12.1 Å². The van der Waals surface area contributed by atoms with Crippen molar-refractivity contribution in [1.29, 1.82) is 0 Å². The molecule has 0 aliphatic rings. The summed E-state index contributed by atoms with van der Waals surface area (Å²) in [7, 11) is 0. The van der Waals surface area contributed by atoms with Crippen LogP contribution in [-0.2, 0) is 12.7 Å². The molecule has 0 fully saturated rings. The van der Waals surface area contributed by atoms with Gasteiger partial charge in [-0.15, -0.1) is 5.10 Å². The monoisotopic (exact) mass is 424 g/mol. The van der Waals surface area contributed by atoms with Crippen molar-refractivity contribution in [3.05, 3.63) is 69.1 Å². The Kier molecular flexibility index (Phi) is 6.14. The molecule has 0 aliphatic carbocycles. The summed E-state index contributed by atoms with van der Waals surface area (Å²) in [4.78, 5) is 14.9. The van der Waals surface area contributed by atoms with Crippen molar-refractivity contribution in [2.45, 2.75) is 26.6 Å². The first-order valence-corrected chi connectivity index (χ1v) is 9.39. The molecule has 0 unspecified atom stereocenters. The first-order chi connectivity index (χ1) is 13.6. The molecular weight excluding hydrogens is 405 g/mol. The van der Waals surface area contributed by atoms with Crippen LogP contribution in [0.5, 0.6) is 0 Å². The molecule has 5 nitrogen and oxygen atoms in total. The summed E-state index contributed by atoms with van der Waals surface area (Å²) in [5.74, 6) is 0.753. The Morgan fingerprint density at radius 1 is 1.17 bits per heavy atom. The average Bonchev–Trinajstić information content (AvgIpc) is 3.03. The fraction of sp³-hybridized carbons (Fsp3) is 0.300. The molecule has 9 heteroatoms. The van der Waals surface area contributed by atoms with Crippen LogP contribution in [-0.4, -0.2) is 21.3 Å². The fourth-order valence-electron chi connectivity index (χ4n) is 2.78. The van der Waals surface area contributed by atoms with Crippen LogP contribution in [0, 0.1) is 5.92 Å². The lowest BCUT2D eigenvalue weighted by molar-refractivity contribution is -0.137. The molecular formula is C20H20ClF3N4O. The van der Waals surface area contributed by atoms with Gasteiger partial charge in [0.25, 0.3) is 0 Å². The van der Waals surface area contributed by atoms with Gasteiger partial charge in [0.2, 0.25) is 0 Å². The Labute approximate surface area is 170 Å². The van der Waals surface area contributed by atoms with Crippen molar-refractivity contribution in [2.75, 3.05) is 6.54 Å². The van der Waals surface area contributed by atoms with Crippen molar-refractivity contribution < 1.29 is 13.2 Å². The molecule has 0 radical (unpaired) electrons. The summed E-state index contributed by atoms with van der Waals surface area (Å²) in [5, 5.41) is 7.95. The molecule has 0 saturated carbocycles. The molecule has 3 aromatic rings. The lowest BCUT2D eigenvalue weighted by Crippen LogP contribution is -2.18. The quantitative estimate of drug-likeness (QED) is 0.605. The normalized spacial score (nSPS) is 12.0. The predicted molar refractivity (Wildman–Crippen MR) is 106 cm³/mol. The molecule has 2 N–H and O–H groups in total. The summed E-state index contributed by atoms with van der Waals surface area (Å²) in [6.07, 6.45) is -4.45. The minimum Gasteiger partial charge on any atom is -0.312 e. The number of nitrogens with zero attached hydrogens (tertiary/aromatic N) is 2. The van der Waals surface area contributed by atoms with Crippen molar-refractivity contribution in [1.82, 2.24) is 20.1 Å². The maximum atomic E-state index is 12.7. The lowest BCUT2D eigenvalue weighted by Gasteiger charge is -2.09. The molecule has 0 spiro atoms. The Balaban J connectivity index is 1.89. The van der Waals surface area contributed by atoms with Gasteiger partial charge in [0, 0.05) is 12.1 Å². The van der Waals surface area contributed by atoms with Gasteiger partial charge in [-0.1, -0.05) is 31.5 Å². The third-order valence-electron chi connectivity index (χ3n) is 4.22. The van der Waals surface area contributed by atoms with Crippen LogP contribution in [0.25, 0.3) is 17.1 Å². The van der Waals surface area contributed by atoms with Gasteiger partial charge < -0.3 is 5.32 Å². The van der Waals surface area contributed by atoms with Crippen LogP contribution in [0.4, 0.5) is 13.2 Å². The molecule has 0 aliphatic heterocycles. The average molecular weight is 425 g/mol. The summed E-state index contributed by atoms with van der Waals surface area (Å²) >= 11 is 6.28. The molecule has 3 rings (SSSR count). The zero-order chi connectivity index (χ0) is 21.2. The number of hydrogen-bond acceptors (Lipinski definition) is 3. The standard InChI is InChI=1S/C20H20ClF3N4O/c1-12(2)10-25-11-13-3-8-17(21)16(9-13)18-26-19(29)28(27-18)15-6-4-14(5-7-15)20(22,23)24/h3-9,12,25H,10-11H2,1-2H3,(H,26,27,29). The second-order valence-corrected chi connectivity index (χ2v) is 7.48. The van der Waals surface area contributed by atoms with Gasteiger partial charge >= 0.3 is 11.9 Å². The highest BCUT2D eigenvalue weighted by molar-refractivity contribution is 6.33. The van der Waals surface area contributed by atoms with Crippen LogP contribution in [0.3, 0.4) is 0 Å². The lowest BCUT2D eigenvalue weighted by atomic mass is 10.1. The van der Waals surface area contributed by atoms with Gasteiger partial charge in [0.05, 0.1) is 16.3 Å². The molecule has 1 heterocycles. The molecule has 29 heavy (non-hydrogen) atoms. The first-order valence-electron chi connectivity index (χ1n) is 9.01. The number of aromatic amines is 1. The van der Waals surface area contributed by atoms with Crippen LogP contribution in [0.15, 0.2) is 47.3 Å². The predicted octanol–water partition coefficient (Wildman–Crippen LogP) is 4.65. The van der Waals surface area contributed by atoms with E-state index in [0.29, 0.717) is 23.0 Å². The van der Waals surface area contributed by atoms with Crippen LogP contribution in [0.2, 0.25) is 5.02 Å². The largest absolute Gasteiger partial charge is 0.416 e. The number of alkyl halides is 3. The Hall–Kier alpha value is -2.58. The van der Waals surface area contributed by atoms with E-state index in [9.17, 15) is 18.0 Å². The zero-order valence-electron chi connectivity index (χ0n) is 15.8. The number of rotatable bonds is 6. The van der Waals surface area contributed by atoms with Crippen molar-refractivity contribution >= 4 is 11.6 Å². The van der Waals surface area contributed by atoms with Gasteiger partial charge in [-0.3, -0.25) is 4.98 Å². The number of aromatic nitrogens is 3. The van der Waals surface area contributed by atoms with Gasteiger partial charge in [0.1, 0.15) is 0 Å². The Morgan fingerprint density at radius 2 is 1.86 bits per heavy atom. The fourth-order valence-corrected chi connectivity index (χ4v) is 2.99. The smallest absolute Gasteiger partial charge is 0.312 e. The third-order valence-corrected chi connectivity index (χ3v) is 4.55. The van der Waals surface area contributed by atoms with E-state index >= 15 is 0 Å². The van der Waals surface area contributed by atoms with E-state index in [0.717, 1.165) is 28.9 Å². The minimum absolute atomic E-state index is 0.219. The zero-order valence-corrected chi connectivity index (χ0v) is 16.6. The van der Waals surface area contributed by atoms with E-state index in [2.05, 4.69) is 29.2 Å². The SMILES string of the molecule is CC(C)CNCc1ccc(Cl)c(-c2nn(-c3ccc(C(F)(F)F)cc3)c(=O)[nH]2)c1. The number of hydrogen-bond donors (Lipinski definition) is 2. The number of benzene rings is 2. The minimum atomic E-state index is -4.45. The highest BCUT2D eigenvalue weighted by Crippen LogP contribution is 2.30. The first kappa shape index (κ1) is 21.1. The Bertz CT molecular complexity index is 1040. The second kappa shape index (κ2) is 8.42. The molecule has 2 aromatic carbocycles.